The molecular formula is C16H25NS. The van der Waals surface area contributed by atoms with E-state index < -0.39 is 0 Å². The summed E-state index contributed by atoms with van der Waals surface area (Å²) in [5, 5.41) is 0.831. The second kappa shape index (κ2) is 7.20. The third kappa shape index (κ3) is 4.03. The van der Waals surface area contributed by atoms with E-state index in [9.17, 15) is 0 Å². The van der Waals surface area contributed by atoms with Gasteiger partial charge in [0.25, 0.3) is 0 Å². The van der Waals surface area contributed by atoms with Crippen molar-refractivity contribution in [2.24, 2.45) is 5.73 Å². The molecule has 2 heteroatoms. The monoisotopic (exact) mass is 263 g/mol. The smallest absolute Gasteiger partial charge is 0.0107 e. The molecule has 0 heterocycles. The van der Waals surface area contributed by atoms with Crippen LogP contribution in [0.15, 0.2) is 29.2 Å². The number of nitrogens with two attached hydrogens (primary N) is 1. The van der Waals surface area contributed by atoms with Gasteiger partial charge in [-0.2, -0.15) is 0 Å². The molecule has 2 rings (SSSR count). The number of thioether (sulfide) groups is 1. The topological polar surface area (TPSA) is 26.0 Å². The molecular weight excluding hydrogens is 238 g/mol. The zero-order chi connectivity index (χ0) is 12.8. The van der Waals surface area contributed by atoms with Crippen molar-refractivity contribution >= 4 is 11.8 Å². The van der Waals surface area contributed by atoms with E-state index in [1.54, 1.807) is 0 Å². The zero-order valence-corrected chi connectivity index (χ0v) is 12.2. The maximum atomic E-state index is 6.10. The Balaban J connectivity index is 2.01. The van der Waals surface area contributed by atoms with Crippen molar-refractivity contribution in [1.82, 2.24) is 0 Å². The Kier molecular flexibility index (Phi) is 5.58. The maximum Gasteiger partial charge on any atom is 0.0107 e. The van der Waals surface area contributed by atoms with Crippen LogP contribution in [0.2, 0.25) is 0 Å². The van der Waals surface area contributed by atoms with Crippen LogP contribution >= 0.6 is 11.8 Å². The molecule has 100 valence electrons. The molecule has 1 nitrogen and oxygen atoms in total. The fraction of sp³-hybridized carbons (Fsp3) is 0.625. The van der Waals surface area contributed by atoms with E-state index in [1.165, 1.54) is 42.6 Å². The normalized spacial score (nSPS) is 18.8. The molecule has 0 radical (unpaired) electrons. The number of benzene rings is 1. The van der Waals surface area contributed by atoms with Crippen LogP contribution < -0.4 is 5.73 Å². The molecule has 18 heavy (non-hydrogen) atoms. The fourth-order valence-electron chi connectivity index (χ4n) is 2.58. The summed E-state index contributed by atoms with van der Waals surface area (Å²) >= 11 is 2.09. The molecule has 1 saturated carbocycles. The summed E-state index contributed by atoms with van der Waals surface area (Å²) in [4.78, 5) is 1.47. The predicted molar refractivity (Wildman–Crippen MR) is 81.1 cm³/mol. The van der Waals surface area contributed by atoms with Gasteiger partial charge in [0, 0.05) is 16.2 Å². The molecule has 0 aliphatic heterocycles. The van der Waals surface area contributed by atoms with Crippen LogP contribution in [0.25, 0.3) is 0 Å². The average molecular weight is 263 g/mol. The molecule has 1 unspecified atom stereocenters. The van der Waals surface area contributed by atoms with E-state index >= 15 is 0 Å². The van der Waals surface area contributed by atoms with E-state index in [0.717, 1.165) is 18.1 Å². The van der Waals surface area contributed by atoms with Gasteiger partial charge < -0.3 is 5.73 Å². The zero-order valence-electron chi connectivity index (χ0n) is 11.4. The van der Waals surface area contributed by atoms with Crippen LogP contribution in [0.1, 0.15) is 51.0 Å². The van der Waals surface area contributed by atoms with Gasteiger partial charge in [-0.1, -0.05) is 44.4 Å². The SMILES string of the molecule is CCC(N)Cc1ccccc1SC1CCCCC1. The van der Waals surface area contributed by atoms with Gasteiger partial charge in [0.15, 0.2) is 0 Å². The Bertz CT molecular complexity index is 358. The molecule has 1 atom stereocenters. The minimum Gasteiger partial charge on any atom is -0.327 e. The first-order valence-corrected chi connectivity index (χ1v) is 8.17. The first kappa shape index (κ1) is 14.0. The first-order chi connectivity index (χ1) is 8.79. The van der Waals surface area contributed by atoms with Crippen LogP contribution in [0.4, 0.5) is 0 Å². The minimum atomic E-state index is 0.304. The Morgan fingerprint density at radius 1 is 1.22 bits per heavy atom. The van der Waals surface area contributed by atoms with Crippen LogP contribution in [-0.2, 0) is 6.42 Å². The van der Waals surface area contributed by atoms with Gasteiger partial charge in [-0.25, -0.2) is 0 Å². The van der Waals surface area contributed by atoms with Gasteiger partial charge in [0.1, 0.15) is 0 Å². The molecule has 0 amide bonds. The van der Waals surface area contributed by atoms with Crippen LogP contribution in [-0.4, -0.2) is 11.3 Å². The molecule has 2 N–H and O–H groups in total. The Hall–Kier alpha value is -0.470. The van der Waals surface area contributed by atoms with Crippen molar-refractivity contribution in [3.05, 3.63) is 29.8 Å². The van der Waals surface area contributed by atoms with Gasteiger partial charge in [0.05, 0.1) is 0 Å². The van der Waals surface area contributed by atoms with Gasteiger partial charge >= 0.3 is 0 Å². The number of hydrogen-bond donors (Lipinski definition) is 1. The third-order valence-corrected chi connectivity index (χ3v) is 5.28. The van der Waals surface area contributed by atoms with Crippen molar-refractivity contribution < 1.29 is 0 Å². The summed E-state index contributed by atoms with van der Waals surface area (Å²) in [6.45, 7) is 2.17. The van der Waals surface area contributed by atoms with E-state index in [2.05, 4.69) is 43.0 Å². The summed E-state index contributed by atoms with van der Waals surface area (Å²) in [5.74, 6) is 0. The summed E-state index contributed by atoms with van der Waals surface area (Å²) in [6, 6.07) is 9.13. The van der Waals surface area contributed by atoms with E-state index in [0.29, 0.717) is 6.04 Å². The molecule has 0 aromatic heterocycles. The third-order valence-electron chi connectivity index (χ3n) is 3.82. The second-order valence-corrected chi connectivity index (χ2v) is 6.70. The standard InChI is InChI=1S/C16H25NS/c1-2-14(17)12-13-8-6-7-11-16(13)18-15-9-4-3-5-10-15/h6-8,11,14-15H,2-5,9-10,12,17H2,1H3. The van der Waals surface area contributed by atoms with Crippen molar-refractivity contribution in [2.45, 2.75) is 68.1 Å². The van der Waals surface area contributed by atoms with Crippen LogP contribution in [0.5, 0.6) is 0 Å². The molecule has 1 fully saturated rings. The molecule has 1 aliphatic carbocycles. The highest BCUT2D eigenvalue weighted by molar-refractivity contribution is 8.00. The van der Waals surface area contributed by atoms with E-state index in [-0.39, 0.29) is 0 Å². The predicted octanol–water partition coefficient (Wildman–Crippen LogP) is 4.39. The molecule has 0 saturated heterocycles. The number of rotatable bonds is 5. The number of hydrogen-bond acceptors (Lipinski definition) is 2. The summed E-state index contributed by atoms with van der Waals surface area (Å²) in [5.41, 5.74) is 7.54. The van der Waals surface area contributed by atoms with Crippen molar-refractivity contribution in [2.75, 3.05) is 0 Å². The lowest BCUT2D eigenvalue weighted by atomic mass is 10.0. The highest BCUT2D eigenvalue weighted by Gasteiger charge is 2.16. The van der Waals surface area contributed by atoms with Gasteiger partial charge in [-0.15, -0.1) is 11.8 Å². The lowest BCUT2D eigenvalue weighted by Crippen LogP contribution is -2.21. The van der Waals surface area contributed by atoms with Gasteiger partial charge in [-0.05, 0) is 37.3 Å². The fourth-order valence-corrected chi connectivity index (χ4v) is 3.96. The van der Waals surface area contributed by atoms with Gasteiger partial charge in [0.2, 0.25) is 0 Å². The van der Waals surface area contributed by atoms with Crippen LogP contribution in [0.3, 0.4) is 0 Å². The second-order valence-electron chi connectivity index (χ2n) is 5.36. The highest BCUT2D eigenvalue weighted by atomic mass is 32.2. The lowest BCUT2D eigenvalue weighted by molar-refractivity contribution is 0.516. The quantitative estimate of drug-likeness (QED) is 0.852. The van der Waals surface area contributed by atoms with Gasteiger partial charge in [-0.3, -0.25) is 0 Å². The van der Waals surface area contributed by atoms with Crippen molar-refractivity contribution in [3.8, 4) is 0 Å². The Morgan fingerprint density at radius 2 is 1.94 bits per heavy atom. The Morgan fingerprint density at radius 3 is 2.67 bits per heavy atom. The minimum absolute atomic E-state index is 0.304. The van der Waals surface area contributed by atoms with Crippen molar-refractivity contribution in [1.29, 1.82) is 0 Å². The summed E-state index contributed by atoms with van der Waals surface area (Å²) in [7, 11) is 0. The van der Waals surface area contributed by atoms with Crippen molar-refractivity contribution in [3.63, 3.8) is 0 Å². The first-order valence-electron chi connectivity index (χ1n) is 7.29. The lowest BCUT2D eigenvalue weighted by Gasteiger charge is -2.22. The molecule has 0 spiro atoms. The van der Waals surface area contributed by atoms with Crippen LogP contribution in [0, 0.1) is 0 Å². The molecule has 1 aromatic rings. The molecule has 0 bridgehead atoms. The summed E-state index contributed by atoms with van der Waals surface area (Å²) in [6.07, 6.45) is 9.11. The molecule has 1 aliphatic rings. The van der Waals surface area contributed by atoms with E-state index in [4.69, 9.17) is 5.73 Å². The largest absolute Gasteiger partial charge is 0.327 e. The highest BCUT2D eigenvalue weighted by Crippen LogP contribution is 2.35. The van der Waals surface area contributed by atoms with E-state index in [1.807, 2.05) is 0 Å². The Labute approximate surface area is 116 Å². The summed E-state index contributed by atoms with van der Waals surface area (Å²) < 4.78 is 0. The molecule has 1 aromatic carbocycles. The maximum absolute atomic E-state index is 6.10. The average Bonchev–Trinajstić information content (AvgIpc) is 2.42.